The molecule has 0 aliphatic carbocycles. The van der Waals surface area contributed by atoms with Gasteiger partial charge >= 0.3 is 0 Å². The number of hydrogen-bond donors (Lipinski definition) is 2. The van der Waals surface area contributed by atoms with Crippen LogP contribution in [-0.4, -0.2) is 25.5 Å². The number of carbonyl (C=O) groups excluding carboxylic acids is 1. The maximum atomic E-state index is 11.1. The summed E-state index contributed by atoms with van der Waals surface area (Å²) in [7, 11) is 0. The largest absolute Gasteiger partial charge is 0.356 e. The molecule has 3 nitrogen and oxygen atoms in total. The third-order valence-corrected chi connectivity index (χ3v) is 2.23. The summed E-state index contributed by atoms with van der Waals surface area (Å²) < 4.78 is 0. The van der Waals surface area contributed by atoms with Crippen molar-refractivity contribution < 1.29 is 4.79 Å². The van der Waals surface area contributed by atoms with Gasteiger partial charge < -0.3 is 10.6 Å². The molecule has 4 heteroatoms. The Morgan fingerprint density at radius 1 is 1.62 bits per heavy atom. The third kappa shape index (κ3) is 5.11. The summed E-state index contributed by atoms with van der Waals surface area (Å²) in [6.45, 7) is 5.04. The first-order valence-corrected chi connectivity index (χ1v) is 4.80. The normalized spacial score (nSPS) is 20.8. The van der Waals surface area contributed by atoms with E-state index in [0.29, 0.717) is 12.3 Å². The summed E-state index contributed by atoms with van der Waals surface area (Å²) in [5.74, 6) is 0.857. The molecule has 1 fully saturated rings. The Morgan fingerprint density at radius 3 is 2.92 bits per heavy atom. The van der Waals surface area contributed by atoms with Crippen LogP contribution in [0.5, 0.6) is 0 Å². The summed E-state index contributed by atoms with van der Waals surface area (Å²) in [6.07, 6.45) is 2.81. The molecule has 0 aromatic carbocycles. The van der Waals surface area contributed by atoms with E-state index in [4.69, 9.17) is 0 Å². The van der Waals surface area contributed by atoms with Crippen LogP contribution in [0.3, 0.4) is 0 Å². The van der Waals surface area contributed by atoms with E-state index in [2.05, 4.69) is 10.6 Å². The van der Waals surface area contributed by atoms with Crippen LogP contribution in [0.2, 0.25) is 0 Å². The smallest absolute Gasteiger partial charge is 0.219 e. The lowest BCUT2D eigenvalue weighted by Crippen LogP contribution is -2.29. The van der Waals surface area contributed by atoms with Crippen LogP contribution in [0.1, 0.15) is 26.2 Å². The molecule has 1 aliphatic rings. The molecule has 0 bridgehead atoms. The number of carbonyl (C=O) groups is 1. The molecule has 13 heavy (non-hydrogen) atoms. The highest BCUT2D eigenvalue weighted by atomic mass is 35.5. The molecule has 2 N–H and O–H groups in total. The molecule has 0 unspecified atom stereocenters. The Morgan fingerprint density at radius 2 is 2.38 bits per heavy atom. The fourth-order valence-corrected chi connectivity index (χ4v) is 1.46. The second-order valence-electron chi connectivity index (χ2n) is 3.41. The van der Waals surface area contributed by atoms with Gasteiger partial charge in [-0.25, -0.2) is 0 Å². The highest BCUT2D eigenvalue weighted by Gasteiger charge is 2.14. The molecule has 78 valence electrons. The van der Waals surface area contributed by atoms with Gasteiger partial charge in [-0.2, -0.15) is 0 Å². The van der Waals surface area contributed by atoms with Gasteiger partial charge in [-0.05, 0) is 31.8 Å². The van der Waals surface area contributed by atoms with Crippen LogP contribution >= 0.6 is 12.4 Å². The van der Waals surface area contributed by atoms with Crippen molar-refractivity contribution in [1.82, 2.24) is 10.6 Å². The van der Waals surface area contributed by atoms with Crippen LogP contribution in [-0.2, 0) is 4.79 Å². The Bertz CT molecular complexity index is 147. The molecular formula is C9H19ClN2O. The van der Waals surface area contributed by atoms with Crippen molar-refractivity contribution in [2.24, 2.45) is 5.92 Å². The molecule has 0 aromatic heterocycles. The standard InChI is InChI=1S/C9H18N2O.ClH/c1-2-3-9(12)11-7-8-4-5-10-6-8;/h8,10H,2-7H2,1H3,(H,11,12);1H/t8-;/m1./s1. The van der Waals surface area contributed by atoms with Gasteiger partial charge in [-0.3, -0.25) is 4.79 Å². The first-order valence-electron chi connectivity index (χ1n) is 4.80. The van der Waals surface area contributed by atoms with E-state index in [0.717, 1.165) is 26.1 Å². The van der Waals surface area contributed by atoms with E-state index >= 15 is 0 Å². The van der Waals surface area contributed by atoms with E-state index in [1.54, 1.807) is 0 Å². The second kappa shape index (κ2) is 7.15. The average molecular weight is 207 g/mol. The fourth-order valence-electron chi connectivity index (χ4n) is 1.46. The van der Waals surface area contributed by atoms with Gasteiger partial charge in [0.05, 0.1) is 0 Å². The van der Waals surface area contributed by atoms with Crippen LogP contribution in [0, 0.1) is 5.92 Å². The number of hydrogen-bond acceptors (Lipinski definition) is 2. The average Bonchev–Trinajstić information content (AvgIpc) is 2.53. The molecule has 1 atom stereocenters. The van der Waals surface area contributed by atoms with Crippen molar-refractivity contribution in [3.63, 3.8) is 0 Å². The van der Waals surface area contributed by atoms with Gasteiger partial charge in [0.1, 0.15) is 0 Å². The van der Waals surface area contributed by atoms with Crippen molar-refractivity contribution in [3.8, 4) is 0 Å². The lowest BCUT2D eigenvalue weighted by Gasteiger charge is -2.08. The Balaban J connectivity index is 0.00000144. The highest BCUT2D eigenvalue weighted by molar-refractivity contribution is 5.85. The van der Waals surface area contributed by atoms with E-state index in [9.17, 15) is 4.79 Å². The van der Waals surface area contributed by atoms with Gasteiger partial charge in [0.15, 0.2) is 0 Å². The van der Waals surface area contributed by atoms with Gasteiger partial charge in [0.2, 0.25) is 5.91 Å². The molecule has 1 saturated heterocycles. The second-order valence-corrected chi connectivity index (χ2v) is 3.41. The van der Waals surface area contributed by atoms with E-state index in [1.807, 2.05) is 6.92 Å². The molecule has 1 aliphatic heterocycles. The van der Waals surface area contributed by atoms with Crippen LogP contribution in [0.15, 0.2) is 0 Å². The van der Waals surface area contributed by atoms with Crippen molar-refractivity contribution in [1.29, 1.82) is 0 Å². The summed E-state index contributed by atoms with van der Waals surface area (Å²) in [6, 6.07) is 0. The summed E-state index contributed by atoms with van der Waals surface area (Å²) in [5.41, 5.74) is 0. The fraction of sp³-hybridized carbons (Fsp3) is 0.889. The van der Waals surface area contributed by atoms with Gasteiger partial charge in [-0.15, -0.1) is 12.4 Å². The highest BCUT2D eigenvalue weighted by Crippen LogP contribution is 2.05. The number of nitrogens with one attached hydrogen (secondary N) is 2. The topological polar surface area (TPSA) is 41.1 Å². The number of amides is 1. The molecule has 0 aromatic rings. The quantitative estimate of drug-likeness (QED) is 0.719. The Hall–Kier alpha value is -0.280. The summed E-state index contributed by atoms with van der Waals surface area (Å²) in [4.78, 5) is 11.1. The zero-order chi connectivity index (χ0) is 8.81. The van der Waals surface area contributed by atoms with E-state index in [-0.39, 0.29) is 18.3 Å². The SMILES string of the molecule is CCCC(=O)NC[C@@H]1CCNC1.Cl. The van der Waals surface area contributed by atoms with E-state index < -0.39 is 0 Å². The summed E-state index contributed by atoms with van der Waals surface area (Å²) >= 11 is 0. The first-order chi connectivity index (χ1) is 5.83. The minimum Gasteiger partial charge on any atom is -0.356 e. The molecule has 1 rings (SSSR count). The maximum Gasteiger partial charge on any atom is 0.219 e. The molecule has 0 spiro atoms. The lowest BCUT2D eigenvalue weighted by molar-refractivity contribution is -0.121. The van der Waals surface area contributed by atoms with E-state index in [1.165, 1.54) is 6.42 Å². The minimum absolute atomic E-state index is 0. The molecular weight excluding hydrogens is 188 g/mol. The van der Waals surface area contributed by atoms with Crippen molar-refractivity contribution in [2.45, 2.75) is 26.2 Å². The van der Waals surface area contributed by atoms with Gasteiger partial charge in [0, 0.05) is 13.0 Å². The first kappa shape index (κ1) is 12.7. The monoisotopic (exact) mass is 206 g/mol. The predicted molar refractivity (Wildman–Crippen MR) is 56.1 cm³/mol. The van der Waals surface area contributed by atoms with Crippen LogP contribution < -0.4 is 10.6 Å². The number of rotatable bonds is 4. The van der Waals surface area contributed by atoms with Crippen molar-refractivity contribution in [2.75, 3.05) is 19.6 Å². The Kier molecular flexibility index (Phi) is 7.00. The Labute approximate surface area is 86.1 Å². The van der Waals surface area contributed by atoms with Gasteiger partial charge in [-0.1, -0.05) is 6.92 Å². The zero-order valence-electron chi connectivity index (χ0n) is 8.14. The lowest BCUT2D eigenvalue weighted by atomic mass is 10.1. The van der Waals surface area contributed by atoms with Crippen molar-refractivity contribution in [3.05, 3.63) is 0 Å². The molecule has 0 radical (unpaired) electrons. The van der Waals surface area contributed by atoms with Crippen LogP contribution in [0.25, 0.3) is 0 Å². The maximum absolute atomic E-state index is 11.1. The zero-order valence-corrected chi connectivity index (χ0v) is 8.95. The molecule has 0 saturated carbocycles. The minimum atomic E-state index is 0. The predicted octanol–water partition coefficient (Wildman–Crippen LogP) is 0.934. The number of halogens is 1. The van der Waals surface area contributed by atoms with Crippen LogP contribution in [0.4, 0.5) is 0 Å². The van der Waals surface area contributed by atoms with Crippen molar-refractivity contribution >= 4 is 18.3 Å². The summed E-state index contributed by atoms with van der Waals surface area (Å²) in [5, 5.41) is 6.22. The molecule has 1 heterocycles. The third-order valence-electron chi connectivity index (χ3n) is 2.23. The van der Waals surface area contributed by atoms with Gasteiger partial charge in [0.25, 0.3) is 0 Å². The molecule has 1 amide bonds.